The Labute approximate surface area is 266 Å². The molecular weight excluding hydrogens is 566 g/mol. The van der Waals surface area contributed by atoms with Crippen LogP contribution < -0.4 is 9.64 Å². The Morgan fingerprint density at radius 2 is 1.64 bits per heavy atom. The lowest BCUT2D eigenvalue weighted by molar-refractivity contribution is -0.202. The molecule has 0 radical (unpaired) electrons. The molecule has 1 saturated heterocycles. The van der Waals surface area contributed by atoms with Gasteiger partial charge in [-0.1, -0.05) is 93.9 Å². The highest BCUT2D eigenvalue weighted by atomic mass is 16.6. The number of methoxy groups -OCH3 is 1. The molecule has 6 atom stereocenters. The summed E-state index contributed by atoms with van der Waals surface area (Å²) >= 11 is 0. The molecule has 1 aliphatic carbocycles. The van der Waals surface area contributed by atoms with E-state index in [4.69, 9.17) is 14.2 Å². The summed E-state index contributed by atoms with van der Waals surface area (Å²) in [6.45, 7) is 10.3. The van der Waals surface area contributed by atoms with Crippen molar-refractivity contribution in [1.29, 1.82) is 0 Å². The van der Waals surface area contributed by atoms with Crippen molar-refractivity contribution in [2.75, 3.05) is 12.0 Å². The number of nitrogens with zero attached hydrogens (tertiary/aromatic N) is 1. The van der Waals surface area contributed by atoms with Gasteiger partial charge >= 0.3 is 17.7 Å². The zero-order chi connectivity index (χ0) is 32.1. The number of benzene rings is 3. The summed E-state index contributed by atoms with van der Waals surface area (Å²) in [6, 6.07) is 24.9. The van der Waals surface area contributed by atoms with Gasteiger partial charge in [0.2, 0.25) is 5.91 Å². The predicted molar refractivity (Wildman–Crippen MR) is 173 cm³/mol. The van der Waals surface area contributed by atoms with Crippen molar-refractivity contribution in [3.63, 3.8) is 0 Å². The van der Waals surface area contributed by atoms with Gasteiger partial charge in [0, 0.05) is 17.2 Å². The summed E-state index contributed by atoms with van der Waals surface area (Å²) in [5.41, 5.74) is -0.677. The van der Waals surface area contributed by atoms with Gasteiger partial charge in [-0.05, 0) is 66.8 Å². The first kappa shape index (κ1) is 32.0. The van der Waals surface area contributed by atoms with Gasteiger partial charge < -0.3 is 14.2 Å². The van der Waals surface area contributed by atoms with Crippen LogP contribution in [0.3, 0.4) is 0 Å². The van der Waals surface area contributed by atoms with E-state index in [2.05, 4.69) is 27.4 Å². The standard InChI is InChI=1S/C38H43NO6/c1-6-13-32(27-14-9-7-10-15-27)34-35(40)39(29-19-21-30(43-5)22-20-29)38(45-36(34)41,28-16-11-8-12-17-28)37(42)44-33-24-26(4)18-23-31(33)25(2)3/h6-12,14-17,19-22,25-26,31-34H,1,13,18,23-24H2,2-5H3/t26-,31+,32-,33-,34+,38+/m1/s1. The average Bonchev–Trinajstić information content (AvgIpc) is 3.04. The number of cyclic esters (lactones) is 1. The maximum atomic E-state index is 14.9. The second kappa shape index (κ2) is 13.7. The first-order valence-electron chi connectivity index (χ1n) is 15.8. The SMILES string of the molecule is C=CC[C@H](c1ccccc1)[C@@H]1C(=O)O[C@](C(=O)O[C@@H]2C[C@H](C)CC[C@H]2C(C)C)(c2ccccc2)N(c2ccc(OC)cc2)C1=O. The summed E-state index contributed by atoms with van der Waals surface area (Å²) in [7, 11) is 1.56. The lowest BCUT2D eigenvalue weighted by Gasteiger charge is -2.48. The largest absolute Gasteiger partial charge is 0.497 e. The molecule has 0 unspecified atom stereocenters. The molecule has 2 aliphatic rings. The molecule has 5 rings (SSSR count). The van der Waals surface area contributed by atoms with Crippen molar-refractivity contribution < 1.29 is 28.6 Å². The van der Waals surface area contributed by atoms with Gasteiger partial charge in [-0.2, -0.15) is 0 Å². The number of carbonyl (C=O) groups excluding carboxylic acids is 3. The third-order valence-corrected chi connectivity index (χ3v) is 9.35. The third kappa shape index (κ3) is 6.26. The minimum absolute atomic E-state index is 0.144. The van der Waals surface area contributed by atoms with Crippen LogP contribution in [0.25, 0.3) is 0 Å². The summed E-state index contributed by atoms with van der Waals surface area (Å²) in [5, 5.41) is 0. The molecule has 3 aromatic carbocycles. The van der Waals surface area contributed by atoms with Gasteiger partial charge in [0.1, 0.15) is 17.8 Å². The van der Waals surface area contributed by atoms with Crippen molar-refractivity contribution in [1.82, 2.24) is 0 Å². The number of rotatable bonds is 10. The summed E-state index contributed by atoms with van der Waals surface area (Å²) in [6.07, 6.45) is 4.34. The monoisotopic (exact) mass is 609 g/mol. The van der Waals surface area contributed by atoms with E-state index in [0.29, 0.717) is 35.8 Å². The van der Waals surface area contributed by atoms with E-state index in [1.807, 2.05) is 36.4 Å². The van der Waals surface area contributed by atoms with Gasteiger partial charge in [-0.15, -0.1) is 6.58 Å². The summed E-state index contributed by atoms with van der Waals surface area (Å²) in [4.78, 5) is 45.3. The lowest BCUT2D eigenvalue weighted by atomic mass is 9.75. The number of amides is 1. The Bertz CT molecular complexity index is 1490. The second-order valence-corrected chi connectivity index (χ2v) is 12.6. The van der Waals surface area contributed by atoms with Gasteiger partial charge in [0.05, 0.1) is 7.11 Å². The highest BCUT2D eigenvalue weighted by Crippen LogP contribution is 2.46. The van der Waals surface area contributed by atoms with Crippen molar-refractivity contribution in [3.8, 4) is 5.75 Å². The van der Waals surface area contributed by atoms with E-state index in [1.165, 1.54) is 4.90 Å². The van der Waals surface area contributed by atoms with E-state index < -0.39 is 35.4 Å². The van der Waals surface area contributed by atoms with E-state index in [1.54, 1.807) is 61.7 Å². The Balaban J connectivity index is 1.68. The van der Waals surface area contributed by atoms with E-state index in [-0.39, 0.29) is 17.9 Å². The molecular formula is C38H43NO6. The molecule has 1 aliphatic heterocycles. The number of ether oxygens (including phenoxy) is 3. The topological polar surface area (TPSA) is 82.1 Å². The molecule has 3 aromatic rings. The molecule has 0 N–H and O–H groups in total. The molecule has 236 valence electrons. The van der Waals surface area contributed by atoms with Crippen LogP contribution in [0, 0.1) is 23.7 Å². The quantitative estimate of drug-likeness (QED) is 0.135. The van der Waals surface area contributed by atoms with Gasteiger partial charge in [-0.3, -0.25) is 14.5 Å². The molecule has 7 heteroatoms. The van der Waals surface area contributed by atoms with Crippen LogP contribution in [0.2, 0.25) is 0 Å². The summed E-state index contributed by atoms with van der Waals surface area (Å²) < 4.78 is 18.2. The Kier molecular flexibility index (Phi) is 9.76. The number of hydrogen-bond donors (Lipinski definition) is 0. The minimum Gasteiger partial charge on any atom is -0.497 e. The molecule has 45 heavy (non-hydrogen) atoms. The zero-order valence-electron chi connectivity index (χ0n) is 26.6. The highest BCUT2D eigenvalue weighted by Gasteiger charge is 2.62. The maximum absolute atomic E-state index is 14.9. The second-order valence-electron chi connectivity index (χ2n) is 12.6. The van der Waals surface area contributed by atoms with E-state index in [0.717, 1.165) is 18.4 Å². The fourth-order valence-corrected chi connectivity index (χ4v) is 6.94. The van der Waals surface area contributed by atoms with Gasteiger partial charge in [0.25, 0.3) is 0 Å². The average molecular weight is 610 g/mol. The third-order valence-electron chi connectivity index (χ3n) is 9.35. The Morgan fingerprint density at radius 1 is 1.00 bits per heavy atom. The molecule has 1 heterocycles. The maximum Gasteiger partial charge on any atom is 0.378 e. The van der Waals surface area contributed by atoms with Crippen LogP contribution in [0.1, 0.15) is 63.5 Å². The van der Waals surface area contributed by atoms with Crippen LogP contribution in [-0.2, 0) is 29.6 Å². The van der Waals surface area contributed by atoms with Crippen LogP contribution in [-0.4, -0.2) is 31.1 Å². The van der Waals surface area contributed by atoms with Gasteiger partial charge in [-0.25, -0.2) is 4.79 Å². The zero-order valence-corrected chi connectivity index (χ0v) is 26.6. The Morgan fingerprint density at radius 3 is 2.24 bits per heavy atom. The molecule has 2 fully saturated rings. The van der Waals surface area contributed by atoms with Crippen molar-refractivity contribution in [3.05, 3.63) is 109 Å². The van der Waals surface area contributed by atoms with Crippen molar-refractivity contribution in [2.24, 2.45) is 23.7 Å². The van der Waals surface area contributed by atoms with E-state index >= 15 is 0 Å². The first-order valence-corrected chi connectivity index (χ1v) is 15.8. The summed E-state index contributed by atoms with van der Waals surface area (Å²) in [5.74, 6) is -2.52. The van der Waals surface area contributed by atoms with Gasteiger partial charge in [0.15, 0.2) is 0 Å². The lowest BCUT2D eigenvalue weighted by Crippen LogP contribution is -2.66. The molecule has 1 amide bonds. The number of esters is 2. The minimum atomic E-state index is -2.18. The molecule has 0 bridgehead atoms. The molecule has 0 spiro atoms. The van der Waals surface area contributed by atoms with Crippen LogP contribution in [0.4, 0.5) is 5.69 Å². The smallest absolute Gasteiger partial charge is 0.378 e. The predicted octanol–water partition coefficient (Wildman–Crippen LogP) is 7.42. The normalized spacial score (nSPS) is 25.8. The molecule has 0 aromatic heterocycles. The number of carbonyl (C=O) groups is 3. The van der Waals surface area contributed by atoms with E-state index in [9.17, 15) is 14.4 Å². The highest BCUT2D eigenvalue weighted by molar-refractivity contribution is 6.14. The van der Waals surface area contributed by atoms with Crippen LogP contribution >= 0.6 is 0 Å². The number of anilines is 1. The number of hydrogen-bond acceptors (Lipinski definition) is 6. The Hall–Kier alpha value is -4.39. The fraction of sp³-hybridized carbons (Fsp3) is 0.395. The molecule has 7 nitrogen and oxygen atoms in total. The first-order chi connectivity index (χ1) is 21.7. The van der Waals surface area contributed by atoms with Crippen LogP contribution in [0.5, 0.6) is 5.75 Å². The molecule has 1 saturated carbocycles. The van der Waals surface area contributed by atoms with Crippen LogP contribution in [0.15, 0.2) is 97.6 Å². The van der Waals surface area contributed by atoms with Crippen molar-refractivity contribution in [2.45, 2.75) is 64.2 Å². The van der Waals surface area contributed by atoms with Crippen molar-refractivity contribution >= 4 is 23.5 Å². The fourth-order valence-electron chi connectivity index (χ4n) is 6.94. The number of allylic oxidation sites excluding steroid dienone is 1.